The van der Waals surface area contributed by atoms with Crippen LogP contribution < -0.4 is 0 Å². The number of carbonyl (C=O) groups excluding carboxylic acids is 1. The van der Waals surface area contributed by atoms with Crippen LogP contribution in [0.15, 0.2) is 34.9 Å². The van der Waals surface area contributed by atoms with Gasteiger partial charge in [0.15, 0.2) is 5.82 Å². The lowest BCUT2D eigenvalue weighted by Crippen LogP contribution is -2.48. The highest BCUT2D eigenvalue weighted by atomic mass is 19.1. The first-order chi connectivity index (χ1) is 15.5. The maximum atomic E-state index is 13.5. The van der Waals surface area contributed by atoms with E-state index in [-0.39, 0.29) is 11.7 Å². The third-order valence-electron chi connectivity index (χ3n) is 5.66. The van der Waals surface area contributed by atoms with Crippen LogP contribution in [0.1, 0.15) is 27.7 Å². The van der Waals surface area contributed by atoms with Crippen LogP contribution in [0, 0.1) is 19.7 Å². The summed E-state index contributed by atoms with van der Waals surface area (Å²) >= 11 is 0. The number of amides is 1. The van der Waals surface area contributed by atoms with E-state index in [1.807, 2.05) is 11.8 Å². The van der Waals surface area contributed by atoms with E-state index in [1.54, 1.807) is 25.1 Å². The lowest BCUT2D eigenvalue weighted by atomic mass is 10.0. The van der Waals surface area contributed by atoms with Gasteiger partial charge in [0.25, 0.3) is 11.6 Å². The molecule has 0 spiro atoms. The first kappa shape index (κ1) is 20.3. The predicted octanol–water partition coefficient (Wildman–Crippen LogP) is 2.72. The minimum Gasteiger partial charge on any atom is -0.336 e. The number of piperazine rings is 1. The quantitative estimate of drug-likeness (QED) is 0.526. The Morgan fingerprint density at radius 3 is 2.56 bits per heavy atom. The van der Waals surface area contributed by atoms with Crippen LogP contribution in [0.4, 0.5) is 4.39 Å². The van der Waals surface area contributed by atoms with Crippen LogP contribution in [-0.2, 0) is 6.54 Å². The minimum atomic E-state index is -0.334. The highest BCUT2D eigenvalue weighted by molar-refractivity contribution is 6.07. The molecule has 1 aromatic carbocycles. The zero-order valence-electron chi connectivity index (χ0n) is 17.8. The van der Waals surface area contributed by atoms with Gasteiger partial charge in [0.2, 0.25) is 0 Å². The van der Waals surface area contributed by atoms with Gasteiger partial charge in [-0.25, -0.2) is 14.4 Å². The van der Waals surface area contributed by atoms with Crippen molar-refractivity contribution in [2.24, 2.45) is 0 Å². The lowest BCUT2D eigenvalue weighted by Gasteiger charge is -2.34. The van der Waals surface area contributed by atoms with Crippen molar-refractivity contribution in [3.63, 3.8) is 0 Å². The number of hydrogen-bond acceptors (Lipinski definition) is 7. The number of fused-ring (bicyclic) bond motifs is 1. The summed E-state index contributed by atoms with van der Waals surface area (Å²) in [6, 6.07) is 7.73. The fraction of sp³-hybridized carbons (Fsp3) is 0.318. The number of hydrogen-bond donors (Lipinski definition) is 1. The zero-order chi connectivity index (χ0) is 22.2. The van der Waals surface area contributed by atoms with Gasteiger partial charge in [-0.3, -0.25) is 14.8 Å². The van der Waals surface area contributed by atoms with Crippen molar-refractivity contribution in [3.8, 4) is 11.3 Å². The first-order valence-corrected chi connectivity index (χ1v) is 10.4. The summed E-state index contributed by atoms with van der Waals surface area (Å²) in [6.07, 6.45) is 0. The molecule has 3 aromatic heterocycles. The molecule has 0 aliphatic carbocycles. The molecule has 0 unspecified atom stereocenters. The van der Waals surface area contributed by atoms with Gasteiger partial charge in [-0.05, 0) is 44.2 Å². The Morgan fingerprint density at radius 1 is 1.12 bits per heavy atom. The summed E-state index contributed by atoms with van der Waals surface area (Å²) in [6.45, 7) is 6.92. The molecule has 4 aromatic rings. The van der Waals surface area contributed by atoms with Gasteiger partial charge in [0, 0.05) is 31.7 Å². The van der Waals surface area contributed by atoms with Crippen LogP contribution in [0.3, 0.4) is 0 Å². The monoisotopic (exact) mass is 435 g/mol. The van der Waals surface area contributed by atoms with Crippen LogP contribution in [-0.4, -0.2) is 67.2 Å². The smallest absolute Gasteiger partial charge is 0.259 e. The SMILES string of the molecule is Cc1nc(CN2CCN(C(=O)c3cc(-c4ccc(F)cc4)nc4onc(C)c34)CC2)n[nH]1. The molecule has 1 saturated heterocycles. The van der Waals surface area contributed by atoms with E-state index >= 15 is 0 Å². The molecule has 164 valence electrons. The van der Waals surface area contributed by atoms with Gasteiger partial charge in [0.05, 0.1) is 28.9 Å². The summed E-state index contributed by atoms with van der Waals surface area (Å²) in [7, 11) is 0. The van der Waals surface area contributed by atoms with Crippen LogP contribution >= 0.6 is 0 Å². The maximum Gasteiger partial charge on any atom is 0.259 e. The number of carbonyl (C=O) groups is 1. The third-order valence-corrected chi connectivity index (χ3v) is 5.66. The molecule has 4 heterocycles. The second-order valence-electron chi connectivity index (χ2n) is 7.92. The minimum absolute atomic E-state index is 0.0968. The fourth-order valence-corrected chi connectivity index (χ4v) is 3.97. The van der Waals surface area contributed by atoms with Crippen LogP contribution in [0.2, 0.25) is 0 Å². The standard InChI is InChI=1S/C22H22FN7O2/c1-13-20-17(11-18(25-21(20)32-28-13)15-3-5-16(23)6-4-15)22(31)30-9-7-29(8-10-30)12-19-24-14(2)26-27-19/h3-6,11H,7-10,12H2,1-2H3,(H,24,26,27). The maximum absolute atomic E-state index is 13.5. The average Bonchev–Trinajstić information content (AvgIpc) is 3.39. The van der Waals surface area contributed by atoms with Crippen molar-refractivity contribution >= 4 is 17.0 Å². The average molecular weight is 435 g/mol. The highest BCUT2D eigenvalue weighted by Crippen LogP contribution is 2.28. The van der Waals surface area contributed by atoms with Gasteiger partial charge in [0.1, 0.15) is 11.6 Å². The van der Waals surface area contributed by atoms with Crippen molar-refractivity contribution < 1.29 is 13.7 Å². The van der Waals surface area contributed by atoms with Crippen molar-refractivity contribution in [2.45, 2.75) is 20.4 Å². The van der Waals surface area contributed by atoms with E-state index in [0.717, 1.165) is 24.7 Å². The Kier molecular flexibility index (Phi) is 5.14. The van der Waals surface area contributed by atoms with Gasteiger partial charge < -0.3 is 9.42 Å². The summed E-state index contributed by atoms with van der Waals surface area (Å²) in [5.74, 6) is 1.11. The summed E-state index contributed by atoms with van der Waals surface area (Å²) in [4.78, 5) is 26.4. The second-order valence-corrected chi connectivity index (χ2v) is 7.92. The second kappa shape index (κ2) is 8.12. The fourth-order valence-electron chi connectivity index (χ4n) is 3.97. The van der Waals surface area contributed by atoms with Gasteiger partial charge in [-0.2, -0.15) is 5.10 Å². The number of aromatic nitrogens is 5. The zero-order valence-corrected chi connectivity index (χ0v) is 17.8. The molecule has 32 heavy (non-hydrogen) atoms. The molecule has 1 amide bonds. The molecule has 5 rings (SSSR count). The molecule has 0 atom stereocenters. The Morgan fingerprint density at radius 2 is 1.88 bits per heavy atom. The predicted molar refractivity (Wildman–Crippen MR) is 114 cm³/mol. The molecule has 0 radical (unpaired) electrons. The molecular weight excluding hydrogens is 413 g/mol. The van der Waals surface area contributed by atoms with E-state index < -0.39 is 0 Å². The van der Waals surface area contributed by atoms with Gasteiger partial charge >= 0.3 is 0 Å². The van der Waals surface area contributed by atoms with Gasteiger partial charge in [-0.15, -0.1) is 0 Å². The van der Waals surface area contributed by atoms with Crippen molar-refractivity contribution in [2.75, 3.05) is 26.2 Å². The summed E-state index contributed by atoms with van der Waals surface area (Å²) in [5.41, 5.74) is 2.64. The number of nitrogens with one attached hydrogen (secondary N) is 1. The largest absolute Gasteiger partial charge is 0.336 e. The molecular formula is C22H22FN7O2. The lowest BCUT2D eigenvalue weighted by molar-refractivity contribution is 0.0627. The molecule has 1 N–H and O–H groups in total. The number of H-pyrrole nitrogens is 1. The van der Waals surface area contributed by atoms with Crippen LogP contribution in [0.25, 0.3) is 22.4 Å². The number of aryl methyl sites for hydroxylation is 2. The molecule has 10 heteroatoms. The Hall–Kier alpha value is -3.66. The molecule has 1 aliphatic heterocycles. The number of halogens is 1. The number of aromatic amines is 1. The number of pyridine rings is 1. The van der Waals surface area contributed by atoms with Crippen molar-refractivity contribution in [1.29, 1.82) is 0 Å². The van der Waals surface area contributed by atoms with Gasteiger partial charge in [-0.1, -0.05) is 5.16 Å². The Bertz CT molecular complexity index is 1270. The molecule has 1 aliphatic rings. The topological polar surface area (TPSA) is 104 Å². The van der Waals surface area contributed by atoms with E-state index in [2.05, 4.69) is 30.2 Å². The first-order valence-electron chi connectivity index (χ1n) is 10.4. The Labute approximate surface area is 183 Å². The molecule has 9 nitrogen and oxygen atoms in total. The normalized spacial score (nSPS) is 14.9. The number of rotatable bonds is 4. The van der Waals surface area contributed by atoms with E-state index in [1.165, 1.54) is 12.1 Å². The van der Waals surface area contributed by atoms with Crippen LogP contribution in [0.5, 0.6) is 0 Å². The number of nitrogens with zero attached hydrogens (tertiary/aromatic N) is 6. The van der Waals surface area contributed by atoms with Crippen molar-refractivity contribution in [1.82, 2.24) is 35.1 Å². The molecule has 0 saturated carbocycles. The molecule has 1 fully saturated rings. The molecule has 0 bridgehead atoms. The summed E-state index contributed by atoms with van der Waals surface area (Å²) in [5, 5.41) is 11.7. The Balaban J connectivity index is 1.39. The van der Waals surface area contributed by atoms with E-state index in [0.29, 0.717) is 53.2 Å². The summed E-state index contributed by atoms with van der Waals surface area (Å²) < 4.78 is 18.7. The number of benzene rings is 1. The highest BCUT2D eigenvalue weighted by Gasteiger charge is 2.27. The third kappa shape index (κ3) is 3.84. The van der Waals surface area contributed by atoms with E-state index in [9.17, 15) is 9.18 Å². The van der Waals surface area contributed by atoms with E-state index in [4.69, 9.17) is 4.52 Å². The van der Waals surface area contributed by atoms with Crippen molar-refractivity contribution in [3.05, 3.63) is 59.1 Å².